The number of carbonyl (C=O) groups is 1. The predicted molar refractivity (Wildman–Crippen MR) is 80.4 cm³/mol. The van der Waals surface area contributed by atoms with E-state index < -0.39 is 6.10 Å². The minimum atomic E-state index is -0.493. The van der Waals surface area contributed by atoms with Gasteiger partial charge < -0.3 is 15.4 Å². The Bertz CT molecular complexity index is 382. The maximum absolute atomic E-state index is 11.8. The lowest BCUT2D eigenvalue weighted by Crippen LogP contribution is -2.39. The van der Waals surface area contributed by atoms with Crippen molar-refractivity contribution in [2.75, 3.05) is 19.6 Å². The van der Waals surface area contributed by atoms with Crippen LogP contribution >= 0.6 is 15.9 Å². The van der Waals surface area contributed by atoms with Crippen molar-refractivity contribution in [1.82, 2.24) is 10.6 Å². The molecule has 0 heterocycles. The van der Waals surface area contributed by atoms with Gasteiger partial charge in [0.25, 0.3) is 5.91 Å². The smallest absolute Gasteiger partial charge is 0.260 e. The SMILES string of the molecule is CCCNCCNC(=O)C(C)Oc1ccc(Br)cc1. The third-order valence-electron chi connectivity index (χ3n) is 2.52. The van der Waals surface area contributed by atoms with Crippen molar-refractivity contribution in [2.24, 2.45) is 0 Å². The van der Waals surface area contributed by atoms with Crippen LogP contribution in [-0.4, -0.2) is 31.6 Å². The molecule has 4 nitrogen and oxygen atoms in total. The molecular formula is C14H21BrN2O2. The molecule has 1 atom stereocenters. The Morgan fingerprint density at radius 1 is 1.26 bits per heavy atom. The molecule has 1 unspecified atom stereocenters. The van der Waals surface area contributed by atoms with Gasteiger partial charge in [0.05, 0.1) is 0 Å². The van der Waals surface area contributed by atoms with Crippen molar-refractivity contribution in [1.29, 1.82) is 0 Å². The lowest BCUT2D eigenvalue weighted by molar-refractivity contribution is -0.127. The number of ether oxygens (including phenoxy) is 1. The van der Waals surface area contributed by atoms with Gasteiger partial charge >= 0.3 is 0 Å². The van der Waals surface area contributed by atoms with Crippen LogP contribution in [0.3, 0.4) is 0 Å². The van der Waals surface area contributed by atoms with E-state index in [0.717, 1.165) is 24.0 Å². The zero-order chi connectivity index (χ0) is 14.1. The molecule has 1 amide bonds. The van der Waals surface area contributed by atoms with Gasteiger partial charge in [-0.15, -0.1) is 0 Å². The molecule has 1 aromatic carbocycles. The van der Waals surface area contributed by atoms with Gasteiger partial charge in [-0.05, 0) is 44.2 Å². The topological polar surface area (TPSA) is 50.4 Å². The van der Waals surface area contributed by atoms with Crippen molar-refractivity contribution >= 4 is 21.8 Å². The molecule has 0 aliphatic carbocycles. The summed E-state index contributed by atoms with van der Waals surface area (Å²) in [6.07, 6.45) is 0.601. The molecule has 0 spiro atoms. The van der Waals surface area contributed by atoms with Crippen molar-refractivity contribution < 1.29 is 9.53 Å². The average Bonchev–Trinajstić information content (AvgIpc) is 2.41. The van der Waals surface area contributed by atoms with Crippen LogP contribution < -0.4 is 15.4 Å². The molecule has 5 heteroatoms. The monoisotopic (exact) mass is 328 g/mol. The highest BCUT2D eigenvalue weighted by molar-refractivity contribution is 9.10. The third-order valence-corrected chi connectivity index (χ3v) is 3.05. The zero-order valence-electron chi connectivity index (χ0n) is 11.4. The lowest BCUT2D eigenvalue weighted by Gasteiger charge is -2.14. The summed E-state index contributed by atoms with van der Waals surface area (Å²) in [6.45, 7) is 6.23. The Morgan fingerprint density at radius 2 is 1.95 bits per heavy atom. The molecule has 0 saturated carbocycles. The second kappa shape index (κ2) is 8.93. The molecule has 1 aromatic rings. The van der Waals surface area contributed by atoms with E-state index in [2.05, 4.69) is 33.5 Å². The first-order chi connectivity index (χ1) is 9.13. The summed E-state index contributed by atoms with van der Waals surface area (Å²) in [6, 6.07) is 7.43. The summed E-state index contributed by atoms with van der Waals surface area (Å²) in [5, 5.41) is 6.06. The average molecular weight is 329 g/mol. The summed E-state index contributed by atoms with van der Waals surface area (Å²) in [7, 11) is 0. The van der Waals surface area contributed by atoms with Crippen molar-refractivity contribution in [3.63, 3.8) is 0 Å². The van der Waals surface area contributed by atoms with Crippen LogP contribution in [0.2, 0.25) is 0 Å². The molecule has 19 heavy (non-hydrogen) atoms. The first-order valence-corrected chi connectivity index (χ1v) is 7.33. The zero-order valence-corrected chi connectivity index (χ0v) is 13.0. The number of rotatable bonds is 8. The van der Waals surface area contributed by atoms with E-state index >= 15 is 0 Å². The first-order valence-electron chi connectivity index (χ1n) is 6.54. The second-order valence-corrected chi connectivity index (χ2v) is 5.17. The van der Waals surface area contributed by atoms with Crippen LogP contribution in [0, 0.1) is 0 Å². The minimum absolute atomic E-state index is 0.0961. The van der Waals surface area contributed by atoms with E-state index in [1.54, 1.807) is 6.92 Å². The molecule has 0 radical (unpaired) electrons. The maximum atomic E-state index is 11.8. The van der Waals surface area contributed by atoms with Gasteiger partial charge in [-0.2, -0.15) is 0 Å². The number of hydrogen-bond acceptors (Lipinski definition) is 3. The molecule has 0 aliphatic rings. The number of carbonyl (C=O) groups excluding carboxylic acids is 1. The van der Waals surface area contributed by atoms with Crippen LogP contribution in [0.4, 0.5) is 0 Å². The molecule has 0 saturated heterocycles. The molecular weight excluding hydrogens is 308 g/mol. The fourth-order valence-electron chi connectivity index (χ4n) is 1.49. The number of nitrogens with one attached hydrogen (secondary N) is 2. The number of halogens is 1. The Morgan fingerprint density at radius 3 is 2.58 bits per heavy atom. The first kappa shape index (κ1) is 16.0. The van der Waals surface area contributed by atoms with E-state index in [1.165, 1.54) is 0 Å². The number of benzene rings is 1. The van der Waals surface area contributed by atoms with Gasteiger partial charge in [-0.1, -0.05) is 22.9 Å². The van der Waals surface area contributed by atoms with E-state index in [1.807, 2.05) is 24.3 Å². The van der Waals surface area contributed by atoms with Crippen molar-refractivity contribution in [2.45, 2.75) is 26.4 Å². The van der Waals surface area contributed by atoms with Gasteiger partial charge in [0.1, 0.15) is 5.75 Å². The summed E-state index contributed by atoms with van der Waals surface area (Å²) in [5.74, 6) is 0.594. The fraction of sp³-hybridized carbons (Fsp3) is 0.500. The van der Waals surface area contributed by atoms with Crippen LogP contribution in [-0.2, 0) is 4.79 Å². The predicted octanol–water partition coefficient (Wildman–Crippen LogP) is 2.33. The quantitative estimate of drug-likeness (QED) is 0.720. The van der Waals surface area contributed by atoms with Crippen molar-refractivity contribution in [3.8, 4) is 5.75 Å². The van der Waals surface area contributed by atoms with Gasteiger partial charge in [0.2, 0.25) is 0 Å². The van der Waals surface area contributed by atoms with E-state index in [-0.39, 0.29) is 5.91 Å². The Balaban J connectivity index is 2.26. The fourth-order valence-corrected chi connectivity index (χ4v) is 1.75. The van der Waals surface area contributed by atoms with E-state index in [9.17, 15) is 4.79 Å². The van der Waals surface area contributed by atoms with Crippen LogP contribution in [0.1, 0.15) is 20.3 Å². The summed E-state index contributed by atoms with van der Waals surface area (Å²) >= 11 is 3.35. The number of hydrogen-bond donors (Lipinski definition) is 2. The summed E-state index contributed by atoms with van der Waals surface area (Å²) in [4.78, 5) is 11.8. The van der Waals surface area contributed by atoms with Crippen molar-refractivity contribution in [3.05, 3.63) is 28.7 Å². The molecule has 0 aromatic heterocycles. The molecule has 2 N–H and O–H groups in total. The van der Waals surface area contributed by atoms with Crippen LogP contribution in [0.5, 0.6) is 5.75 Å². The second-order valence-electron chi connectivity index (χ2n) is 4.26. The molecule has 1 rings (SSSR count). The molecule has 106 valence electrons. The van der Waals surface area contributed by atoms with E-state index in [0.29, 0.717) is 12.3 Å². The Hall–Kier alpha value is -1.07. The third kappa shape index (κ3) is 6.59. The molecule has 0 fully saturated rings. The molecule has 0 bridgehead atoms. The lowest BCUT2D eigenvalue weighted by atomic mass is 10.3. The largest absolute Gasteiger partial charge is 0.481 e. The van der Waals surface area contributed by atoms with Gasteiger partial charge in [-0.3, -0.25) is 4.79 Å². The Labute approximate surface area is 123 Å². The Kier molecular flexibility index (Phi) is 7.52. The van der Waals surface area contributed by atoms with Crippen LogP contribution in [0.25, 0.3) is 0 Å². The van der Waals surface area contributed by atoms with Gasteiger partial charge in [0.15, 0.2) is 6.10 Å². The molecule has 0 aliphatic heterocycles. The summed E-state index contributed by atoms with van der Waals surface area (Å²) < 4.78 is 6.54. The standard InChI is InChI=1S/C14H21BrN2O2/c1-3-8-16-9-10-17-14(18)11(2)19-13-6-4-12(15)5-7-13/h4-7,11,16H,3,8-10H2,1-2H3,(H,17,18). The highest BCUT2D eigenvalue weighted by Gasteiger charge is 2.13. The van der Waals surface area contributed by atoms with E-state index in [4.69, 9.17) is 4.74 Å². The highest BCUT2D eigenvalue weighted by atomic mass is 79.9. The normalized spacial score (nSPS) is 11.9. The number of amides is 1. The van der Waals surface area contributed by atoms with Crippen LogP contribution in [0.15, 0.2) is 28.7 Å². The van der Waals surface area contributed by atoms with Gasteiger partial charge in [-0.25, -0.2) is 0 Å². The highest BCUT2D eigenvalue weighted by Crippen LogP contribution is 2.17. The van der Waals surface area contributed by atoms with Gasteiger partial charge in [0, 0.05) is 17.6 Å². The maximum Gasteiger partial charge on any atom is 0.260 e. The summed E-state index contributed by atoms with van der Waals surface area (Å²) in [5.41, 5.74) is 0. The minimum Gasteiger partial charge on any atom is -0.481 e.